The molecule has 126 valence electrons. The third-order valence-electron chi connectivity index (χ3n) is 4.27. The minimum absolute atomic E-state index is 0.368. The highest BCUT2D eigenvalue weighted by atomic mass is 16.2. The molecule has 0 saturated carbocycles. The Morgan fingerprint density at radius 3 is 2.31 bits per heavy atom. The van der Waals surface area contributed by atoms with Gasteiger partial charge in [-0.25, -0.2) is 10.8 Å². The molecule has 3 N–H and O–H groups in total. The fourth-order valence-corrected chi connectivity index (χ4v) is 2.95. The van der Waals surface area contributed by atoms with Crippen LogP contribution < -0.4 is 11.3 Å². The molecule has 5 heteroatoms. The van der Waals surface area contributed by atoms with Gasteiger partial charge in [0.2, 0.25) is 0 Å². The number of aromatic nitrogens is 2. The molecule has 26 heavy (non-hydrogen) atoms. The monoisotopic (exact) mass is 340 g/mol. The average molecular weight is 340 g/mol. The highest BCUT2D eigenvalue weighted by molar-refractivity contribution is 6.06. The van der Waals surface area contributed by atoms with Gasteiger partial charge in [0.15, 0.2) is 0 Å². The minimum atomic E-state index is -0.368. The van der Waals surface area contributed by atoms with Crippen molar-refractivity contribution in [3.8, 4) is 22.4 Å². The number of carbonyl (C=O) groups excluding carboxylic acids is 1. The predicted octanol–water partition coefficient (Wildman–Crippen LogP) is 3.57. The van der Waals surface area contributed by atoms with Crippen LogP contribution in [-0.2, 0) is 0 Å². The maximum Gasteiger partial charge on any atom is 0.265 e. The van der Waals surface area contributed by atoms with E-state index in [0.717, 1.165) is 16.7 Å². The van der Waals surface area contributed by atoms with E-state index in [4.69, 9.17) is 5.84 Å². The quantitative estimate of drug-likeness (QED) is 0.339. The largest absolute Gasteiger partial charge is 0.290 e. The Morgan fingerprint density at radius 2 is 1.58 bits per heavy atom. The molecule has 5 nitrogen and oxygen atoms in total. The van der Waals surface area contributed by atoms with E-state index in [1.165, 1.54) is 0 Å². The maximum absolute atomic E-state index is 12.2. The number of amides is 1. The van der Waals surface area contributed by atoms with Crippen LogP contribution in [0.25, 0.3) is 33.3 Å². The summed E-state index contributed by atoms with van der Waals surface area (Å²) >= 11 is 0. The number of rotatable bonds is 3. The highest BCUT2D eigenvalue weighted by Crippen LogP contribution is 2.27. The summed E-state index contributed by atoms with van der Waals surface area (Å²) in [5.74, 6) is 4.96. The van der Waals surface area contributed by atoms with Crippen LogP contribution in [0.2, 0.25) is 0 Å². The zero-order valence-electron chi connectivity index (χ0n) is 13.9. The number of hydrazine groups is 1. The summed E-state index contributed by atoms with van der Waals surface area (Å²) in [6.45, 7) is 0. The van der Waals surface area contributed by atoms with Crippen molar-refractivity contribution in [2.45, 2.75) is 0 Å². The van der Waals surface area contributed by atoms with Crippen molar-refractivity contribution in [3.05, 3.63) is 84.7 Å². The minimum Gasteiger partial charge on any atom is -0.290 e. The van der Waals surface area contributed by atoms with Gasteiger partial charge < -0.3 is 0 Å². The normalized spacial score (nSPS) is 10.7. The van der Waals surface area contributed by atoms with Crippen molar-refractivity contribution >= 4 is 16.8 Å². The van der Waals surface area contributed by atoms with Crippen molar-refractivity contribution in [3.63, 3.8) is 0 Å². The maximum atomic E-state index is 12.2. The number of pyridine rings is 2. The highest BCUT2D eigenvalue weighted by Gasteiger charge is 2.13. The first kappa shape index (κ1) is 15.9. The lowest BCUT2D eigenvalue weighted by molar-refractivity contribution is 0.0955. The first-order valence-electron chi connectivity index (χ1n) is 8.18. The summed E-state index contributed by atoms with van der Waals surface area (Å²) < 4.78 is 0. The number of fused-ring (bicyclic) bond motifs is 1. The molecule has 4 rings (SSSR count). The number of carbonyl (C=O) groups is 1. The second kappa shape index (κ2) is 6.74. The van der Waals surface area contributed by atoms with Crippen LogP contribution in [0.3, 0.4) is 0 Å². The van der Waals surface area contributed by atoms with Gasteiger partial charge in [-0.05, 0) is 23.3 Å². The van der Waals surface area contributed by atoms with Crippen LogP contribution in [0.15, 0.2) is 79.1 Å². The number of nitrogens with two attached hydrogens (primary N) is 1. The molecule has 4 aromatic rings. The van der Waals surface area contributed by atoms with Crippen LogP contribution in [0.4, 0.5) is 0 Å². The molecule has 0 radical (unpaired) electrons. The lowest BCUT2D eigenvalue weighted by Gasteiger charge is -2.09. The number of benzene rings is 2. The van der Waals surface area contributed by atoms with Gasteiger partial charge in [0.1, 0.15) is 0 Å². The van der Waals surface area contributed by atoms with E-state index >= 15 is 0 Å². The molecule has 0 bridgehead atoms. The third kappa shape index (κ3) is 2.92. The molecule has 2 aromatic carbocycles. The zero-order valence-corrected chi connectivity index (χ0v) is 13.9. The zero-order chi connectivity index (χ0) is 17.9. The molecule has 0 atom stereocenters. The van der Waals surface area contributed by atoms with Gasteiger partial charge in [-0.1, -0.05) is 54.6 Å². The first-order chi connectivity index (χ1) is 12.8. The molecule has 2 aromatic heterocycles. The molecule has 0 aliphatic rings. The summed E-state index contributed by atoms with van der Waals surface area (Å²) in [5, 5.41) is 0.667. The summed E-state index contributed by atoms with van der Waals surface area (Å²) in [7, 11) is 0. The molecule has 1 amide bonds. The Morgan fingerprint density at radius 1 is 0.885 bits per heavy atom. The van der Waals surface area contributed by atoms with Gasteiger partial charge in [0.25, 0.3) is 5.91 Å². The second-order valence-corrected chi connectivity index (χ2v) is 5.86. The van der Waals surface area contributed by atoms with Gasteiger partial charge in [-0.3, -0.25) is 15.2 Å². The second-order valence-electron chi connectivity index (χ2n) is 5.86. The Kier molecular flexibility index (Phi) is 4.13. The molecule has 0 unspecified atom stereocenters. The van der Waals surface area contributed by atoms with Crippen LogP contribution in [0, 0.1) is 0 Å². The number of hydrogen-bond acceptors (Lipinski definition) is 4. The number of nitrogens with zero attached hydrogens (tertiary/aromatic N) is 2. The van der Waals surface area contributed by atoms with Crippen molar-refractivity contribution < 1.29 is 4.79 Å². The van der Waals surface area contributed by atoms with E-state index in [-0.39, 0.29) is 5.91 Å². The van der Waals surface area contributed by atoms with Crippen molar-refractivity contribution in [1.29, 1.82) is 0 Å². The molecule has 0 aliphatic heterocycles. The summed E-state index contributed by atoms with van der Waals surface area (Å²) in [6, 6.07) is 21.8. The molecule has 0 fully saturated rings. The molecule has 0 aliphatic carbocycles. The van der Waals surface area contributed by atoms with E-state index in [2.05, 4.69) is 27.5 Å². The topological polar surface area (TPSA) is 80.9 Å². The molecule has 2 heterocycles. The molecule has 0 saturated heterocycles. The predicted molar refractivity (Wildman–Crippen MR) is 102 cm³/mol. The van der Waals surface area contributed by atoms with E-state index in [1.807, 2.05) is 42.5 Å². The summed E-state index contributed by atoms with van der Waals surface area (Å²) in [6.07, 6.45) is 3.27. The standard InChI is InChI=1S/C21H16N4O/c22-25-21(26)17-12-20(24-19-10-11-23-13-18(17)19)16-8-6-15(7-9-16)14-4-2-1-3-5-14/h1-13H,22H2,(H,25,26). The van der Waals surface area contributed by atoms with Gasteiger partial charge >= 0.3 is 0 Å². The average Bonchev–Trinajstić information content (AvgIpc) is 2.73. The third-order valence-corrected chi connectivity index (χ3v) is 4.27. The van der Waals surface area contributed by atoms with E-state index in [0.29, 0.717) is 22.2 Å². The Labute approximate surface area is 150 Å². The van der Waals surface area contributed by atoms with Crippen molar-refractivity contribution in [1.82, 2.24) is 15.4 Å². The Bertz CT molecular complexity index is 1080. The smallest absolute Gasteiger partial charge is 0.265 e. The molecule has 0 spiro atoms. The number of hydrogen-bond donors (Lipinski definition) is 2. The fourth-order valence-electron chi connectivity index (χ4n) is 2.95. The van der Waals surface area contributed by atoms with Crippen LogP contribution in [0.1, 0.15) is 10.4 Å². The van der Waals surface area contributed by atoms with Gasteiger partial charge in [0, 0.05) is 23.3 Å². The van der Waals surface area contributed by atoms with Crippen molar-refractivity contribution in [2.24, 2.45) is 5.84 Å². The molecular formula is C21H16N4O. The fraction of sp³-hybridized carbons (Fsp3) is 0. The number of nitrogen functional groups attached to an aromatic ring is 1. The first-order valence-corrected chi connectivity index (χ1v) is 8.18. The summed E-state index contributed by atoms with van der Waals surface area (Å²) in [4.78, 5) is 20.9. The lowest BCUT2D eigenvalue weighted by Crippen LogP contribution is -2.30. The van der Waals surface area contributed by atoms with Crippen LogP contribution >= 0.6 is 0 Å². The van der Waals surface area contributed by atoms with E-state index in [9.17, 15) is 4.79 Å². The Hall–Kier alpha value is -3.57. The van der Waals surface area contributed by atoms with Crippen LogP contribution in [0.5, 0.6) is 0 Å². The Balaban J connectivity index is 1.80. The molecular weight excluding hydrogens is 324 g/mol. The van der Waals surface area contributed by atoms with E-state index < -0.39 is 0 Å². The SMILES string of the molecule is NNC(=O)c1cc(-c2ccc(-c3ccccc3)cc2)nc2ccncc12. The van der Waals surface area contributed by atoms with Gasteiger partial charge in [0.05, 0.1) is 16.8 Å². The van der Waals surface area contributed by atoms with Crippen LogP contribution in [-0.4, -0.2) is 15.9 Å². The van der Waals surface area contributed by atoms with Crippen molar-refractivity contribution in [2.75, 3.05) is 0 Å². The van der Waals surface area contributed by atoms with Gasteiger partial charge in [-0.15, -0.1) is 0 Å². The number of nitrogens with one attached hydrogen (secondary N) is 1. The van der Waals surface area contributed by atoms with Gasteiger partial charge in [-0.2, -0.15) is 0 Å². The summed E-state index contributed by atoms with van der Waals surface area (Å²) in [5.41, 5.74) is 7.25. The van der Waals surface area contributed by atoms with E-state index in [1.54, 1.807) is 24.5 Å². The lowest BCUT2D eigenvalue weighted by atomic mass is 10.0.